The predicted molar refractivity (Wildman–Crippen MR) is 92.7 cm³/mol. The number of carbonyl (C=O) groups is 1. The zero-order valence-electron chi connectivity index (χ0n) is 14.1. The zero-order valence-corrected chi connectivity index (χ0v) is 14.1. The Kier molecular flexibility index (Phi) is 5.21. The van der Waals surface area contributed by atoms with Crippen molar-refractivity contribution in [3.63, 3.8) is 0 Å². The van der Waals surface area contributed by atoms with E-state index in [-0.39, 0.29) is 30.9 Å². The van der Waals surface area contributed by atoms with Crippen molar-refractivity contribution >= 4 is 11.6 Å². The van der Waals surface area contributed by atoms with Gasteiger partial charge in [0.05, 0.1) is 11.5 Å². The molecule has 8 heteroatoms. The van der Waals surface area contributed by atoms with Gasteiger partial charge in [0.25, 0.3) is 11.6 Å². The van der Waals surface area contributed by atoms with Crippen molar-refractivity contribution in [3.8, 4) is 17.2 Å². The van der Waals surface area contributed by atoms with Gasteiger partial charge in [-0.1, -0.05) is 12.1 Å². The van der Waals surface area contributed by atoms with Crippen molar-refractivity contribution < 1.29 is 23.9 Å². The van der Waals surface area contributed by atoms with Gasteiger partial charge < -0.3 is 19.5 Å². The van der Waals surface area contributed by atoms with Crippen molar-refractivity contribution in [3.05, 3.63) is 58.1 Å². The number of nitrogens with one attached hydrogen (secondary N) is 1. The molecule has 1 aliphatic rings. The van der Waals surface area contributed by atoms with Crippen LogP contribution in [0.25, 0.3) is 0 Å². The quantitative estimate of drug-likeness (QED) is 0.628. The van der Waals surface area contributed by atoms with Crippen molar-refractivity contribution in [1.29, 1.82) is 0 Å². The van der Waals surface area contributed by atoms with Crippen LogP contribution in [-0.4, -0.2) is 36.7 Å². The molecule has 0 spiro atoms. The SMILES string of the molecule is Cc1cc(OCC(=O)NC[C@@H]2COc3ccccc3O2)ccc1[N+](=O)[O-]. The summed E-state index contributed by atoms with van der Waals surface area (Å²) in [5.41, 5.74) is 0.482. The largest absolute Gasteiger partial charge is 0.486 e. The number of para-hydroxylation sites is 2. The van der Waals surface area contributed by atoms with E-state index in [9.17, 15) is 14.9 Å². The van der Waals surface area contributed by atoms with Gasteiger partial charge in [-0.3, -0.25) is 14.9 Å². The number of aryl methyl sites for hydroxylation is 1. The summed E-state index contributed by atoms with van der Waals surface area (Å²) in [6, 6.07) is 11.7. The van der Waals surface area contributed by atoms with E-state index in [2.05, 4.69) is 5.32 Å². The van der Waals surface area contributed by atoms with Gasteiger partial charge in [-0.05, 0) is 31.2 Å². The molecule has 0 unspecified atom stereocenters. The van der Waals surface area contributed by atoms with Crippen LogP contribution in [0.1, 0.15) is 5.56 Å². The zero-order chi connectivity index (χ0) is 18.5. The average Bonchev–Trinajstić information content (AvgIpc) is 2.64. The Bertz CT molecular complexity index is 823. The Hall–Kier alpha value is -3.29. The van der Waals surface area contributed by atoms with Crippen LogP contribution in [0.5, 0.6) is 17.2 Å². The van der Waals surface area contributed by atoms with E-state index >= 15 is 0 Å². The molecule has 1 heterocycles. The van der Waals surface area contributed by atoms with Crippen LogP contribution in [0, 0.1) is 17.0 Å². The molecule has 2 aromatic carbocycles. The predicted octanol–water partition coefficient (Wildman–Crippen LogP) is 2.24. The molecule has 0 saturated carbocycles. The molecule has 1 aliphatic heterocycles. The summed E-state index contributed by atoms with van der Waals surface area (Å²) >= 11 is 0. The number of nitro groups is 1. The van der Waals surface area contributed by atoms with Crippen LogP contribution >= 0.6 is 0 Å². The third kappa shape index (κ3) is 4.21. The molecule has 1 amide bonds. The number of hydrogen-bond acceptors (Lipinski definition) is 6. The highest BCUT2D eigenvalue weighted by molar-refractivity contribution is 5.77. The summed E-state index contributed by atoms with van der Waals surface area (Å²) in [7, 11) is 0. The fourth-order valence-electron chi connectivity index (χ4n) is 2.51. The van der Waals surface area contributed by atoms with Crippen molar-refractivity contribution in [2.24, 2.45) is 0 Å². The van der Waals surface area contributed by atoms with Crippen LogP contribution in [0.15, 0.2) is 42.5 Å². The molecule has 0 saturated heterocycles. The molecule has 136 valence electrons. The number of nitro benzene ring substituents is 1. The minimum Gasteiger partial charge on any atom is -0.486 e. The van der Waals surface area contributed by atoms with Gasteiger partial charge in [-0.25, -0.2) is 0 Å². The molecule has 1 N–H and O–H groups in total. The van der Waals surface area contributed by atoms with E-state index < -0.39 is 4.92 Å². The summed E-state index contributed by atoms with van der Waals surface area (Å²) in [5.74, 6) is 1.42. The topological polar surface area (TPSA) is 99.9 Å². The molecule has 0 aliphatic carbocycles. The van der Waals surface area contributed by atoms with Gasteiger partial charge in [0.15, 0.2) is 18.1 Å². The van der Waals surface area contributed by atoms with E-state index in [0.29, 0.717) is 29.4 Å². The number of hydrogen-bond donors (Lipinski definition) is 1. The fourth-order valence-corrected chi connectivity index (χ4v) is 2.51. The normalized spacial score (nSPS) is 15.2. The molecule has 0 radical (unpaired) electrons. The number of benzene rings is 2. The lowest BCUT2D eigenvalue weighted by atomic mass is 10.2. The average molecular weight is 358 g/mol. The summed E-state index contributed by atoms with van der Waals surface area (Å²) in [6.07, 6.45) is -0.282. The third-order valence-corrected chi connectivity index (χ3v) is 3.83. The molecular formula is C18H18N2O6. The number of ether oxygens (including phenoxy) is 3. The van der Waals surface area contributed by atoms with Gasteiger partial charge in [0.2, 0.25) is 0 Å². The van der Waals surface area contributed by atoms with E-state index in [1.165, 1.54) is 18.2 Å². The van der Waals surface area contributed by atoms with Crippen LogP contribution < -0.4 is 19.5 Å². The van der Waals surface area contributed by atoms with Crippen molar-refractivity contribution in [2.75, 3.05) is 19.8 Å². The van der Waals surface area contributed by atoms with Crippen molar-refractivity contribution in [1.82, 2.24) is 5.32 Å². The standard InChI is InChI=1S/C18H18N2O6/c1-12-8-13(6-7-15(12)20(22)23)24-11-18(21)19-9-14-10-25-16-4-2-3-5-17(16)26-14/h2-8,14H,9-11H2,1H3,(H,19,21)/t14-/m1/s1. The minimum absolute atomic E-state index is 0.0107. The van der Waals surface area contributed by atoms with E-state index in [0.717, 1.165) is 0 Å². The smallest absolute Gasteiger partial charge is 0.272 e. The highest BCUT2D eigenvalue weighted by Crippen LogP contribution is 2.30. The summed E-state index contributed by atoms with van der Waals surface area (Å²) in [6.45, 7) is 2.06. The maximum atomic E-state index is 11.9. The number of amides is 1. The first-order valence-electron chi connectivity index (χ1n) is 8.06. The molecule has 3 rings (SSSR count). The Morgan fingerprint density at radius 3 is 2.81 bits per heavy atom. The van der Waals surface area contributed by atoms with Gasteiger partial charge in [0.1, 0.15) is 18.5 Å². The second-order valence-electron chi connectivity index (χ2n) is 5.80. The second kappa shape index (κ2) is 7.73. The minimum atomic E-state index is -0.462. The van der Waals surface area contributed by atoms with Gasteiger partial charge in [-0.2, -0.15) is 0 Å². The highest BCUT2D eigenvalue weighted by atomic mass is 16.6. The number of nitrogens with zero attached hydrogens (tertiary/aromatic N) is 1. The highest BCUT2D eigenvalue weighted by Gasteiger charge is 2.21. The third-order valence-electron chi connectivity index (χ3n) is 3.83. The molecule has 26 heavy (non-hydrogen) atoms. The number of rotatable bonds is 6. The Balaban J connectivity index is 1.45. The fraction of sp³-hybridized carbons (Fsp3) is 0.278. The molecule has 0 aromatic heterocycles. The molecule has 0 bridgehead atoms. The monoisotopic (exact) mass is 358 g/mol. The first kappa shape index (κ1) is 17.5. The van der Waals surface area contributed by atoms with E-state index in [1.807, 2.05) is 24.3 Å². The lowest BCUT2D eigenvalue weighted by Gasteiger charge is -2.26. The van der Waals surface area contributed by atoms with E-state index in [1.54, 1.807) is 6.92 Å². The maximum Gasteiger partial charge on any atom is 0.272 e. The van der Waals surface area contributed by atoms with E-state index in [4.69, 9.17) is 14.2 Å². The van der Waals surface area contributed by atoms with Crippen molar-refractivity contribution in [2.45, 2.75) is 13.0 Å². The number of carbonyl (C=O) groups excluding carboxylic acids is 1. The van der Waals surface area contributed by atoms with Crippen LogP contribution in [-0.2, 0) is 4.79 Å². The maximum absolute atomic E-state index is 11.9. The van der Waals surface area contributed by atoms with Crippen LogP contribution in [0.4, 0.5) is 5.69 Å². The van der Waals surface area contributed by atoms with Crippen LogP contribution in [0.3, 0.4) is 0 Å². The summed E-state index contributed by atoms with van der Waals surface area (Å²) in [4.78, 5) is 22.3. The molecule has 2 aromatic rings. The Labute approximate surface area is 149 Å². The summed E-state index contributed by atoms with van der Waals surface area (Å²) < 4.78 is 16.7. The van der Waals surface area contributed by atoms with Gasteiger partial charge >= 0.3 is 0 Å². The molecule has 8 nitrogen and oxygen atoms in total. The molecule has 1 atom stereocenters. The molecule has 0 fully saturated rings. The Morgan fingerprint density at radius 1 is 1.31 bits per heavy atom. The first-order chi connectivity index (χ1) is 12.5. The lowest BCUT2D eigenvalue weighted by molar-refractivity contribution is -0.385. The second-order valence-corrected chi connectivity index (χ2v) is 5.80. The van der Waals surface area contributed by atoms with Crippen LogP contribution in [0.2, 0.25) is 0 Å². The van der Waals surface area contributed by atoms with Gasteiger partial charge in [0, 0.05) is 11.6 Å². The molecular weight excluding hydrogens is 340 g/mol. The summed E-state index contributed by atoms with van der Waals surface area (Å²) in [5, 5.41) is 13.5. The Morgan fingerprint density at radius 2 is 2.08 bits per heavy atom. The number of fused-ring (bicyclic) bond motifs is 1. The van der Waals surface area contributed by atoms with Gasteiger partial charge in [-0.15, -0.1) is 0 Å². The first-order valence-corrected chi connectivity index (χ1v) is 8.06. The lowest BCUT2D eigenvalue weighted by Crippen LogP contribution is -2.42.